The van der Waals surface area contributed by atoms with E-state index in [1.807, 2.05) is 0 Å². The number of nitrogens with two attached hydrogens (primary N) is 1. The molecule has 0 spiro atoms. The lowest BCUT2D eigenvalue weighted by Crippen LogP contribution is -2.18. The molecule has 19 heavy (non-hydrogen) atoms. The number of aryl methyl sites for hydroxylation is 1. The van der Waals surface area contributed by atoms with Crippen LogP contribution in [0.1, 0.15) is 10.4 Å². The lowest BCUT2D eigenvalue weighted by molar-refractivity contribution is 0.102. The number of rotatable bonds is 3. The van der Waals surface area contributed by atoms with Crippen LogP contribution in [0.3, 0.4) is 0 Å². The highest BCUT2D eigenvalue weighted by Crippen LogP contribution is 2.08. The summed E-state index contributed by atoms with van der Waals surface area (Å²) in [6.45, 7) is 0. The molecule has 0 aliphatic heterocycles. The zero-order valence-corrected chi connectivity index (χ0v) is 10.3. The minimum atomic E-state index is -0.270. The number of hydrogen-bond donors (Lipinski definition) is 4. The molecular weight excluding hydrogens is 244 g/mol. The summed E-state index contributed by atoms with van der Waals surface area (Å²) in [5.74, 6) is 5.41. The summed E-state index contributed by atoms with van der Waals surface area (Å²) in [4.78, 5) is 15.9. The van der Waals surface area contributed by atoms with Crippen molar-refractivity contribution >= 4 is 17.4 Å². The van der Waals surface area contributed by atoms with Gasteiger partial charge in [-0.25, -0.2) is 10.8 Å². The van der Waals surface area contributed by atoms with Crippen LogP contribution in [0.15, 0.2) is 36.7 Å². The second-order valence-corrected chi connectivity index (χ2v) is 3.94. The van der Waals surface area contributed by atoms with Crippen molar-refractivity contribution < 1.29 is 4.79 Å². The quantitative estimate of drug-likeness (QED) is 0.473. The fraction of sp³-hybridized carbons (Fsp3) is 0.0833. The van der Waals surface area contributed by atoms with E-state index >= 15 is 0 Å². The van der Waals surface area contributed by atoms with Gasteiger partial charge in [0.25, 0.3) is 5.91 Å². The van der Waals surface area contributed by atoms with Gasteiger partial charge in [0.05, 0.1) is 11.3 Å². The van der Waals surface area contributed by atoms with Gasteiger partial charge in [0.15, 0.2) is 0 Å². The van der Waals surface area contributed by atoms with E-state index in [-0.39, 0.29) is 5.91 Å². The number of aromatic nitrogens is 2. The predicted molar refractivity (Wildman–Crippen MR) is 71.3 cm³/mol. The molecule has 0 bridgehead atoms. The molecule has 2 heterocycles. The molecule has 0 aliphatic carbocycles. The molecule has 2 aromatic heterocycles. The molecule has 0 saturated carbocycles. The monoisotopic (exact) mass is 258 g/mol. The minimum Gasteiger partial charge on any atom is -0.334 e. The van der Waals surface area contributed by atoms with Gasteiger partial charge in [0, 0.05) is 19.4 Å². The number of carbonyl (C=O) groups excluding carboxylic acids is 1. The molecular formula is C12H14N6O. The molecule has 7 nitrogen and oxygen atoms in total. The van der Waals surface area contributed by atoms with Gasteiger partial charge >= 0.3 is 0 Å². The zero-order valence-electron chi connectivity index (χ0n) is 10.3. The Bertz CT molecular complexity index is 646. The van der Waals surface area contributed by atoms with Crippen molar-refractivity contribution in [1.82, 2.24) is 9.55 Å². The van der Waals surface area contributed by atoms with Crippen LogP contribution in [0.25, 0.3) is 0 Å². The van der Waals surface area contributed by atoms with Gasteiger partial charge in [-0.1, -0.05) is 0 Å². The maximum Gasteiger partial charge on any atom is 0.257 e. The minimum absolute atomic E-state index is 0.270. The number of nitrogens with one attached hydrogen (secondary N) is 3. The van der Waals surface area contributed by atoms with Crippen molar-refractivity contribution in [3.05, 3.63) is 47.7 Å². The number of amides is 1. The SMILES string of the molecule is Cn1cc(NC(=O)c2ccc(NN)nc2)ccc1=N. The molecule has 0 fully saturated rings. The number of pyridine rings is 2. The molecule has 7 heteroatoms. The van der Waals surface area contributed by atoms with Gasteiger partial charge in [-0.15, -0.1) is 0 Å². The Kier molecular flexibility index (Phi) is 3.58. The Morgan fingerprint density at radius 2 is 2.16 bits per heavy atom. The third kappa shape index (κ3) is 2.96. The summed E-state index contributed by atoms with van der Waals surface area (Å²) in [6, 6.07) is 6.51. The van der Waals surface area contributed by atoms with Gasteiger partial charge in [-0.3, -0.25) is 10.2 Å². The van der Waals surface area contributed by atoms with Gasteiger partial charge < -0.3 is 15.3 Å². The van der Waals surface area contributed by atoms with Gasteiger partial charge in [0.2, 0.25) is 0 Å². The highest BCUT2D eigenvalue weighted by molar-refractivity contribution is 6.04. The maximum absolute atomic E-state index is 12.0. The van der Waals surface area contributed by atoms with Crippen molar-refractivity contribution in [2.45, 2.75) is 0 Å². The van der Waals surface area contributed by atoms with Crippen LogP contribution >= 0.6 is 0 Å². The number of hydrazine groups is 1. The van der Waals surface area contributed by atoms with Gasteiger partial charge in [0.1, 0.15) is 11.3 Å². The van der Waals surface area contributed by atoms with Gasteiger partial charge in [-0.2, -0.15) is 0 Å². The van der Waals surface area contributed by atoms with Crippen molar-refractivity contribution in [2.24, 2.45) is 12.9 Å². The van der Waals surface area contributed by atoms with E-state index in [1.54, 1.807) is 42.1 Å². The van der Waals surface area contributed by atoms with Crippen molar-refractivity contribution in [3.8, 4) is 0 Å². The molecule has 2 aromatic rings. The zero-order chi connectivity index (χ0) is 13.8. The predicted octanol–water partition coefficient (Wildman–Crippen LogP) is 0.437. The van der Waals surface area contributed by atoms with E-state index in [4.69, 9.17) is 11.3 Å². The average molecular weight is 258 g/mol. The van der Waals surface area contributed by atoms with Crippen LogP contribution in [0, 0.1) is 5.41 Å². The number of nitrogens with zero attached hydrogens (tertiary/aromatic N) is 2. The second-order valence-electron chi connectivity index (χ2n) is 3.94. The summed E-state index contributed by atoms with van der Waals surface area (Å²) >= 11 is 0. The first kappa shape index (κ1) is 12.8. The van der Waals surface area contributed by atoms with Crippen LogP contribution in [-0.4, -0.2) is 15.5 Å². The third-order valence-corrected chi connectivity index (χ3v) is 2.56. The van der Waals surface area contributed by atoms with Crippen molar-refractivity contribution in [2.75, 3.05) is 10.7 Å². The summed E-state index contributed by atoms with van der Waals surface area (Å²) < 4.78 is 1.61. The first-order valence-electron chi connectivity index (χ1n) is 5.55. The summed E-state index contributed by atoms with van der Waals surface area (Å²) in [7, 11) is 1.74. The summed E-state index contributed by atoms with van der Waals surface area (Å²) in [5, 5.41) is 10.3. The summed E-state index contributed by atoms with van der Waals surface area (Å²) in [5.41, 5.74) is 3.79. The highest BCUT2D eigenvalue weighted by atomic mass is 16.1. The first-order valence-corrected chi connectivity index (χ1v) is 5.55. The molecule has 98 valence electrons. The number of nitrogen functional groups attached to an aromatic ring is 1. The van der Waals surface area contributed by atoms with Crippen LogP contribution < -0.4 is 22.1 Å². The Morgan fingerprint density at radius 1 is 1.37 bits per heavy atom. The average Bonchev–Trinajstić information content (AvgIpc) is 2.43. The molecule has 1 amide bonds. The molecule has 0 unspecified atom stereocenters. The molecule has 2 rings (SSSR count). The Hall–Kier alpha value is -2.67. The maximum atomic E-state index is 12.0. The Balaban J connectivity index is 2.15. The van der Waals surface area contributed by atoms with E-state index < -0.39 is 0 Å². The van der Waals surface area contributed by atoms with E-state index in [1.165, 1.54) is 6.20 Å². The fourth-order valence-corrected chi connectivity index (χ4v) is 1.50. The first-order chi connectivity index (χ1) is 9.10. The van der Waals surface area contributed by atoms with Gasteiger partial charge in [-0.05, 0) is 24.3 Å². The smallest absolute Gasteiger partial charge is 0.257 e. The molecule has 0 aromatic carbocycles. The standard InChI is InChI=1S/C12H14N6O/c1-18-7-9(3-4-10(18)13)16-12(19)8-2-5-11(17-14)15-6-8/h2-7,13H,14H2,1H3,(H,15,17)(H,16,19). The van der Waals surface area contributed by atoms with E-state index in [0.29, 0.717) is 22.6 Å². The lowest BCUT2D eigenvalue weighted by Gasteiger charge is -2.07. The third-order valence-electron chi connectivity index (χ3n) is 2.56. The number of hydrogen-bond acceptors (Lipinski definition) is 5. The van der Waals surface area contributed by atoms with Crippen molar-refractivity contribution in [1.29, 1.82) is 5.41 Å². The molecule has 0 radical (unpaired) electrons. The molecule has 0 atom stereocenters. The number of carbonyl (C=O) groups is 1. The van der Waals surface area contributed by atoms with E-state index in [9.17, 15) is 4.79 Å². The Morgan fingerprint density at radius 3 is 2.74 bits per heavy atom. The number of anilines is 2. The fourth-order valence-electron chi connectivity index (χ4n) is 1.50. The summed E-state index contributed by atoms with van der Waals surface area (Å²) in [6.07, 6.45) is 3.10. The topological polar surface area (TPSA) is 109 Å². The Labute approximate surface area is 109 Å². The largest absolute Gasteiger partial charge is 0.334 e. The van der Waals surface area contributed by atoms with Crippen LogP contribution in [0.4, 0.5) is 11.5 Å². The van der Waals surface area contributed by atoms with Crippen LogP contribution in [0.2, 0.25) is 0 Å². The second kappa shape index (κ2) is 5.32. The molecule has 5 N–H and O–H groups in total. The van der Waals surface area contributed by atoms with Crippen molar-refractivity contribution in [3.63, 3.8) is 0 Å². The van der Waals surface area contributed by atoms with E-state index in [2.05, 4.69) is 15.7 Å². The van der Waals surface area contributed by atoms with E-state index in [0.717, 1.165) is 0 Å². The van der Waals surface area contributed by atoms with Crippen LogP contribution in [-0.2, 0) is 7.05 Å². The normalized spacial score (nSPS) is 10.0. The van der Waals surface area contributed by atoms with Crippen LogP contribution in [0.5, 0.6) is 0 Å². The molecule has 0 saturated heterocycles. The highest BCUT2D eigenvalue weighted by Gasteiger charge is 2.06. The molecule has 0 aliphatic rings. The lowest BCUT2D eigenvalue weighted by atomic mass is 10.2.